The Morgan fingerprint density at radius 2 is 1.82 bits per heavy atom. The number of hydrogen-bond acceptors (Lipinski definition) is 6. The van der Waals surface area contributed by atoms with Crippen molar-refractivity contribution in [3.05, 3.63) is 76.7 Å². The minimum atomic E-state index is -0.646. The molecule has 1 N–H and O–H groups in total. The van der Waals surface area contributed by atoms with Crippen LogP contribution < -0.4 is 15.9 Å². The van der Waals surface area contributed by atoms with Gasteiger partial charge in [-0.15, -0.1) is 0 Å². The lowest BCUT2D eigenvalue weighted by atomic mass is 9.92. The molecule has 0 aliphatic rings. The maximum Gasteiger partial charge on any atom is 0.344 e. The van der Waals surface area contributed by atoms with Crippen molar-refractivity contribution < 1.29 is 18.8 Å². The number of carbonyl (C=O) groups is 1. The normalized spacial score (nSPS) is 11.4. The Kier molecular flexibility index (Phi) is 7.71. The second-order valence-corrected chi connectivity index (χ2v) is 8.44. The van der Waals surface area contributed by atoms with Crippen LogP contribution >= 0.6 is 0 Å². The SMILES string of the molecule is C=CC(=O)OC(C)(C)CCNOc1ccc2oc(=O)c(-c3c(CC)cccc3CC)cc2c1. The predicted octanol–water partition coefficient (Wildman–Crippen LogP) is 5.37. The Morgan fingerprint density at radius 1 is 1.12 bits per heavy atom. The summed E-state index contributed by atoms with van der Waals surface area (Å²) in [5.41, 5.74) is 6.17. The molecule has 0 aliphatic carbocycles. The second kappa shape index (κ2) is 10.5. The van der Waals surface area contributed by atoms with Crippen molar-refractivity contribution in [1.29, 1.82) is 0 Å². The topological polar surface area (TPSA) is 77.8 Å². The summed E-state index contributed by atoms with van der Waals surface area (Å²) >= 11 is 0. The van der Waals surface area contributed by atoms with E-state index >= 15 is 0 Å². The monoisotopic (exact) mass is 449 g/mol. The number of fused-ring (bicyclic) bond motifs is 1. The zero-order valence-electron chi connectivity index (χ0n) is 19.7. The van der Waals surface area contributed by atoms with Gasteiger partial charge in [0.1, 0.15) is 16.9 Å². The Bertz CT molecular complexity index is 1190. The van der Waals surface area contributed by atoms with Crippen LogP contribution in [0.2, 0.25) is 0 Å². The molecule has 0 amide bonds. The van der Waals surface area contributed by atoms with E-state index < -0.39 is 11.6 Å². The van der Waals surface area contributed by atoms with Gasteiger partial charge in [0.05, 0.1) is 5.56 Å². The highest BCUT2D eigenvalue weighted by atomic mass is 16.6. The third kappa shape index (κ3) is 5.90. The molecule has 33 heavy (non-hydrogen) atoms. The molecule has 174 valence electrons. The van der Waals surface area contributed by atoms with Gasteiger partial charge in [-0.05, 0) is 67.6 Å². The zero-order valence-corrected chi connectivity index (χ0v) is 19.7. The zero-order chi connectivity index (χ0) is 24.0. The van der Waals surface area contributed by atoms with Crippen LogP contribution in [0.5, 0.6) is 5.75 Å². The Morgan fingerprint density at radius 3 is 2.45 bits per heavy atom. The van der Waals surface area contributed by atoms with E-state index in [4.69, 9.17) is 14.0 Å². The molecule has 0 bridgehead atoms. The van der Waals surface area contributed by atoms with E-state index in [1.165, 1.54) is 0 Å². The number of nitrogens with one attached hydrogen (secondary N) is 1. The molecular weight excluding hydrogens is 418 g/mol. The third-order valence-electron chi connectivity index (χ3n) is 5.53. The molecule has 6 nitrogen and oxygen atoms in total. The number of esters is 1. The van der Waals surface area contributed by atoms with Gasteiger partial charge < -0.3 is 14.0 Å². The molecular formula is C27H31NO5. The third-order valence-corrected chi connectivity index (χ3v) is 5.53. The molecule has 0 unspecified atom stereocenters. The van der Waals surface area contributed by atoms with E-state index in [0.717, 1.165) is 41.0 Å². The number of hydrogen-bond donors (Lipinski definition) is 1. The predicted molar refractivity (Wildman–Crippen MR) is 130 cm³/mol. The van der Waals surface area contributed by atoms with Gasteiger partial charge in [0.25, 0.3) is 0 Å². The van der Waals surface area contributed by atoms with Gasteiger partial charge in [0.15, 0.2) is 0 Å². The molecule has 2 aromatic carbocycles. The van der Waals surface area contributed by atoms with E-state index in [1.54, 1.807) is 12.1 Å². The molecule has 6 heteroatoms. The molecule has 0 fully saturated rings. The minimum absolute atomic E-state index is 0.346. The fraction of sp³-hybridized carbons (Fsp3) is 0.333. The van der Waals surface area contributed by atoms with E-state index in [2.05, 4.69) is 38.0 Å². The van der Waals surface area contributed by atoms with Gasteiger partial charge >= 0.3 is 11.6 Å². The Hall–Kier alpha value is -3.38. The highest BCUT2D eigenvalue weighted by Gasteiger charge is 2.21. The van der Waals surface area contributed by atoms with Crippen LogP contribution in [0.3, 0.4) is 0 Å². The van der Waals surface area contributed by atoms with Crippen molar-refractivity contribution in [3.63, 3.8) is 0 Å². The van der Waals surface area contributed by atoms with Gasteiger partial charge in [-0.1, -0.05) is 38.6 Å². The summed E-state index contributed by atoms with van der Waals surface area (Å²) < 4.78 is 10.9. The van der Waals surface area contributed by atoms with E-state index in [1.807, 2.05) is 32.0 Å². The molecule has 0 spiro atoms. The van der Waals surface area contributed by atoms with Gasteiger partial charge in [-0.2, -0.15) is 5.48 Å². The van der Waals surface area contributed by atoms with Crippen LogP contribution in [0.4, 0.5) is 0 Å². The number of carbonyl (C=O) groups excluding carboxylic acids is 1. The fourth-order valence-electron chi connectivity index (χ4n) is 3.78. The van der Waals surface area contributed by atoms with Crippen LogP contribution in [-0.4, -0.2) is 18.1 Å². The summed E-state index contributed by atoms with van der Waals surface area (Å²) in [5, 5.41) is 0.775. The van der Waals surface area contributed by atoms with Gasteiger partial charge in [0.2, 0.25) is 0 Å². The number of hydroxylamine groups is 1. The molecule has 0 aliphatic heterocycles. The summed E-state index contributed by atoms with van der Waals surface area (Å²) in [5.74, 6) is 0.131. The van der Waals surface area contributed by atoms with E-state index in [9.17, 15) is 9.59 Å². The maximum atomic E-state index is 12.8. The summed E-state index contributed by atoms with van der Waals surface area (Å²) in [6.45, 7) is 11.7. The fourth-order valence-corrected chi connectivity index (χ4v) is 3.78. The number of benzene rings is 2. The summed E-state index contributed by atoms with van der Waals surface area (Å²) in [4.78, 5) is 29.9. The average Bonchev–Trinajstić information content (AvgIpc) is 2.80. The molecule has 0 atom stereocenters. The standard InChI is InChI=1S/C27H31NO5/c1-6-18-10-9-11-19(7-2)25(18)22-17-20-16-21(12-13-23(20)31-26(22)30)33-28-15-14-27(4,5)32-24(29)8-3/h8-13,16-17,28H,3,6-7,14-15H2,1-2,4-5H3. The van der Waals surface area contributed by atoms with Crippen LogP contribution in [0, 0.1) is 0 Å². The average molecular weight is 450 g/mol. The number of aryl methyl sites for hydroxylation is 2. The van der Waals surface area contributed by atoms with Crippen molar-refractivity contribution in [2.24, 2.45) is 0 Å². The highest BCUT2D eigenvalue weighted by molar-refractivity contribution is 5.84. The first kappa shape index (κ1) is 24.3. The summed E-state index contributed by atoms with van der Waals surface area (Å²) in [7, 11) is 0. The molecule has 0 saturated heterocycles. The van der Waals surface area contributed by atoms with Crippen molar-refractivity contribution in [1.82, 2.24) is 5.48 Å². The molecule has 0 radical (unpaired) electrons. The minimum Gasteiger partial charge on any atom is -0.456 e. The van der Waals surface area contributed by atoms with Crippen LogP contribution in [0.1, 0.15) is 45.2 Å². The highest BCUT2D eigenvalue weighted by Crippen LogP contribution is 2.30. The van der Waals surface area contributed by atoms with E-state index in [0.29, 0.717) is 29.9 Å². The van der Waals surface area contributed by atoms with Gasteiger partial charge in [0, 0.05) is 24.4 Å². The summed E-state index contributed by atoms with van der Waals surface area (Å²) in [6.07, 6.45) is 3.35. The lowest BCUT2D eigenvalue weighted by Gasteiger charge is -2.24. The van der Waals surface area contributed by atoms with Crippen molar-refractivity contribution >= 4 is 16.9 Å². The first-order valence-corrected chi connectivity index (χ1v) is 11.2. The second-order valence-electron chi connectivity index (χ2n) is 8.44. The first-order valence-electron chi connectivity index (χ1n) is 11.2. The lowest BCUT2D eigenvalue weighted by molar-refractivity contribution is -0.150. The Labute approximate surface area is 194 Å². The van der Waals surface area contributed by atoms with Crippen molar-refractivity contribution in [2.75, 3.05) is 6.54 Å². The van der Waals surface area contributed by atoms with E-state index in [-0.39, 0.29) is 5.63 Å². The number of ether oxygens (including phenoxy) is 1. The number of rotatable bonds is 10. The molecule has 0 saturated carbocycles. The first-order chi connectivity index (χ1) is 15.8. The van der Waals surface area contributed by atoms with Crippen molar-refractivity contribution in [3.8, 4) is 16.9 Å². The van der Waals surface area contributed by atoms with Crippen LogP contribution in [0.15, 0.2) is 64.3 Å². The summed E-state index contributed by atoms with van der Waals surface area (Å²) in [6, 6.07) is 13.3. The molecule has 3 rings (SSSR count). The molecule has 1 heterocycles. The molecule has 3 aromatic rings. The van der Waals surface area contributed by atoms with Gasteiger partial charge in [-0.3, -0.25) is 0 Å². The lowest BCUT2D eigenvalue weighted by Crippen LogP contribution is -2.32. The van der Waals surface area contributed by atoms with Crippen molar-refractivity contribution in [2.45, 2.75) is 52.6 Å². The van der Waals surface area contributed by atoms with Gasteiger partial charge in [-0.25, -0.2) is 9.59 Å². The maximum absolute atomic E-state index is 12.8. The largest absolute Gasteiger partial charge is 0.456 e. The molecule has 1 aromatic heterocycles. The Balaban J connectivity index is 1.80. The smallest absolute Gasteiger partial charge is 0.344 e. The van der Waals surface area contributed by atoms with Crippen LogP contribution in [-0.2, 0) is 22.4 Å². The van der Waals surface area contributed by atoms with Crippen LogP contribution in [0.25, 0.3) is 22.1 Å². The quantitative estimate of drug-likeness (QED) is 0.147.